The van der Waals surface area contributed by atoms with Crippen LogP contribution < -0.4 is 5.32 Å². The van der Waals surface area contributed by atoms with Gasteiger partial charge in [-0.05, 0) is 54.8 Å². The molecule has 3 aromatic heterocycles. The van der Waals surface area contributed by atoms with E-state index in [-0.39, 0.29) is 6.67 Å². The van der Waals surface area contributed by atoms with Gasteiger partial charge in [0.15, 0.2) is 0 Å². The third-order valence-electron chi connectivity index (χ3n) is 4.15. The van der Waals surface area contributed by atoms with Crippen molar-refractivity contribution in [2.45, 2.75) is 12.8 Å². The van der Waals surface area contributed by atoms with Crippen molar-refractivity contribution in [3.63, 3.8) is 0 Å². The van der Waals surface area contributed by atoms with Gasteiger partial charge in [0.25, 0.3) is 0 Å². The molecular formula is C21H18FN3S. The van der Waals surface area contributed by atoms with Gasteiger partial charge in [-0.25, -0.2) is 4.98 Å². The standard InChI is InChI=1S/C21H18FN3S/c22-11-1-3-15-5-8-18(9-6-15)24-20-10-7-16-13-19(26-21(16)25-20)17-4-2-12-23-14-17/h2,4-10,12-14H,1,3,11H2,(H,24,25). The first-order valence-corrected chi connectivity index (χ1v) is 9.36. The van der Waals surface area contributed by atoms with E-state index in [9.17, 15) is 4.39 Å². The molecule has 0 spiro atoms. The summed E-state index contributed by atoms with van der Waals surface area (Å²) < 4.78 is 12.3. The summed E-state index contributed by atoms with van der Waals surface area (Å²) in [4.78, 5) is 11.1. The summed E-state index contributed by atoms with van der Waals surface area (Å²) in [5.41, 5.74) is 3.23. The lowest BCUT2D eigenvalue weighted by Crippen LogP contribution is -1.93. The molecule has 1 N–H and O–H groups in total. The van der Waals surface area contributed by atoms with Crippen molar-refractivity contribution in [2.75, 3.05) is 12.0 Å². The highest BCUT2D eigenvalue weighted by Crippen LogP contribution is 2.33. The fraction of sp³-hybridized carbons (Fsp3) is 0.143. The summed E-state index contributed by atoms with van der Waals surface area (Å²) in [7, 11) is 0. The zero-order valence-electron chi connectivity index (χ0n) is 14.2. The van der Waals surface area contributed by atoms with Crippen LogP contribution in [0.4, 0.5) is 15.9 Å². The molecular weight excluding hydrogens is 345 g/mol. The zero-order valence-corrected chi connectivity index (χ0v) is 15.0. The van der Waals surface area contributed by atoms with Crippen LogP contribution in [-0.2, 0) is 6.42 Å². The van der Waals surface area contributed by atoms with E-state index in [1.54, 1.807) is 17.5 Å². The van der Waals surface area contributed by atoms with Crippen LogP contribution >= 0.6 is 11.3 Å². The number of anilines is 2. The lowest BCUT2D eigenvalue weighted by atomic mass is 10.1. The first-order chi connectivity index (χ1) is 12.8. The average molecular weight is 363 g/mol. The van der Waals surface area contributed by atoms with Crippen LogP contribution in [0.25, 0.3) is 20.7 Å². The van der Waals surface area contributed by atoms with E-state index in [1.807, 2.05) is 42.6 Å². The number of nitrogens with zero attached hydrogens (tertiary/aromatic N) is 2. The second kappa shape index (κ2) is 7.62. The van der Waals surface area contributed by atoms with Gasteiger partial charge >= 0.3 is 0 Å². The topological polar surface area (TPSA) is 37.8 Å². The first-order valence-electron chi connectivity index (χ1n) is 8.55. The Kier molecular flexibility index (Phi) is 4.88. The Balaban J connectivity index is 1.54. The number of hydrogen-bond acceptors (Lipinski definition) is 4. The van der Waals surface area contributed by atoms with E-state index in [4.69, 9.17) is 4.98 Å². The van der Waals surface area contributed by atoms with Crippen molar-refractivity contribution in [3.8, 4) is 10.4 Å². The molecule has 0 saturated heterocycles. The van der Waals surface area contributed by atoms with Crippen LogP contribution in [0.2, 0.25) is 0 Å². The molecule has 4 aromatic rings. The van der Waals surface area contributed by atoms with Gasteiger partial charge in [0.05, 0.1) is 6.67 Å². The van der Waals surface area contributed by atoms with Gasteiger partial charge in [-0.3, -0.25) is 9.37 Å². The summed E-state index contributed by atoms with van der Waals surface area (Å²) >= 11 is 1.66. The number of fused-ring (bicyclic) bond motifs is 1. The highest BCUT2D eigenvalue weighted by Gasteiger charge is 2.07. The van der Waals surface area contributed by atoms with Gasteiger partial charge in [0.1, 0.15) is 10.6 Å². The SMILES string of the molecule is FCCCc1ccc(Nc2ccc3cc(-c4cccnc4)sc3n2)cc1. The molecule has 0 saturated carbocycles. The highest BCUT2D eigenvalue weighted by atomic mass is 32.1. The number of rotatable bonds is 6. The Labute approximate surface area is 155 Å². The van der Waals surface area contributed by atoms with Crippen molar-refractivity contribution in [1.82, 2.24) is 9.97 Å². The Morgan fingerprint density at radius 2 is 1.92 bits per heavy atom. The second-order valence-electron chi connectivity index (χ2n) is 6.06. The average Bonchev–Trinajstić information content (AvgIpc) is 3.12. The summed E-state index contributed by atoms with van der Waals surface area (Å²) in [5, 5.41) is 4.46. The van der Waals surface area contributed by atoms with Gasteiger partial charge in [0.2, 0.25) is 0 Å². The summed E-state index contributed by atoms with van der Waals surface area (Å²) in [5.74, 6) is 0.814. The van der Waals surface area contributed by atoms with Crippen LogP contribution in [-0.4, -0.2) is 16.6 Å². The molecule has 26 heavy (non-hydrogen) atoms. The van der Waals surface area contributed by atoms with Crippen molar-refractivity contribution >= 4 is 33.1 Å². The molecule has 3 nitrogen and oxygen atoms in total. The summed E-state index contributed by atoms with van der Waals surface area (Å²) in [6.45, 7) is -0.272. The third kappa shape index (κ3) is 3.73. The molecule has 0 bridgehead atoms. The maximum absolute atomic E-state index is 12.3. The maximum atomic E-state index is 12.3. The van der Waals surface area contributed by atoms with Gasteiger partial charge in [-0.15, -0.1) is 11.3 Å². The summed E-state index contributed by atoms with van der Waals surface area (Å²) in [6, 6.07) is 18.3. The molecule has 130 valence electrons. The Morgan fingerprint density at radius 1 is 1.04 bits per heavy atom. The molecule has 4 rings (SSSR count). The molecule has 1 aromatic carbocycles. The lowest BCUT2D eigenvalue weighted by Gasteiger charge is -2.06. The van der Waals surface area contributed by atoms with Crippen LogP contribution in [0, 0.1) is 0 Å². The smallest absolute Gasteiger partial charge is 0.132 e. The molecule has 0 aliphatic rings. The molecule has 5 heteroatoms. The Hall–Kier alpha value is -2.79. The Morgan fingerprint density at radius 3 is 2.69 bits per heavy atom. The number of alkyl halides is 1. The number of hydrogen-bond donors (Lipinski definition) is 1. The van der Waals surface area contributed by atoms with E-state index in [2.05, 4.69) is 28.5 Å². The monoisotopic (exact) mass is 363 g/mol. The molecule has 0 aliphatic carbocycles. The molecule has 0 aliphatic heterocycles. The zero-order chi connectivity index (χ0) is 17.8. The molecule has 0 amide bonds. The van der Waals surface area contributed by atoms with Crippen molar-refractivity contribution in [2.24, 2.45) is 0 Å². The quantitative estimate of drug-likeness (QED) is 0.456. The largest absolute Gasteiger partial charge is 0.340 e. The number of aryl methyl sites for hydroxylation is 1. The predicted octanol–water partition coefficient (Wildman–Crippen LogP) is 6.00. The van der Waals surface area contributed by atoms with Crippen LogP contribution in [0.3, 0.4) is 0 Å². The van der Waals surface area contributed by atoms with Crippen molar-refractivity contribution < 1.29 is 4.39 Å². The van der Waals surface area contributed by atoms with Gasteiger partial charge in [-0.2, -0.15) is 0 Å². The molecule has 0 unspecified atom stereocenters. The van der Waals surface area contributed by atoms with Gasteiger partial charge in [-0.1, -0.05) is 18.2 Å². The number of aromatic nitrogens is 2. The maximum Gasteiger partial charge on any atom is 0.132 e. The predicted molar refractivity (Wildman–Crippen MR) is 107 cm³/mol. The van der Waals surface area contributed by atoms with Crippen LogP contribution in [0.1, 0.15) is 12.0 Å². The number of nitrogens with one attached hydrogen (secondary N) is 1. The Bertz CT molecular complexity index is 997. The molecule has 0 atom stereocenters. The van der Waals surface area contributed by atoms with Crippen LogP contribution in [0.5, 0.6) is 0 Å². The minimum absolute atomic E-state index is 0.272. The fourth-order valence-corrected chi connectivity index (χ4v) is 3.83. The minimum Gasteiger partial charge on any atom is -0.340 e. The number of pyridine rings is 2. The number of thiophene rings is 1. The fourth-order valence-electron chi connectivity index (χ4n) is 2.81. The van der Waals surface area contributed by atoms with Crippen molar-refractivity contribution in [3.05, 3.63) is 72.6 Å². The molecule has 3 heterocycles. The lowest BCUT2D eigenvalue weighted by molar-refractivity contribution is 0.473. The first kappa shape index (κ1) is 16.7. The van der Waals surface area contributed by atoms with E-state index in [0.29, 0.717) is 6.42 Å². The normalized spacial score (nSPS) is 11.0. The van der Waals surface area contributed by atoms with Gasteiger partial charge in [0, 0.05) is 33.9 Å². The number of benzene rings is 1. The second-order valence-corrected chi connectivity index (χ2v) is 7.09. The van der Waals surface area contributed by atoms with Crippen LogP contribution in [0.15, 0.2) is 67.0 Å². The van der Waals surface area contributed by atoms with E-state index < -0.39 is 0 Å². The highest BCUT2D eigenvalue weighted by molar-refractivity contribution is 7.21. The summed E-state index contributed by atoms with van der Waals surface area (Å²) in [6.07, 6.45) is 4.99. The van der Waals surface area contributed by atoms with E-state index in [1.165, 1.54) is 0 Å². The third-order valence-corrected chi connectivity index (χ3v) is 5.25. The number of halogens is 1. The molecule has 0 fully saturated rings. The van der Waals surface area contributed by atoms with E-state index in [0.717, 1.165) is 44.1 Å². The minimum atomic E-state index is -0.272. The van der Waals surface area contributed by atoms with E-state index >= 15 is 0 Å². The van der Waals surface area contributed by atoms with Gasteiger partial charge < -0.3 is 5.32 Å². The van der Waals surface area contributed by atoms with Crippen molar-refractivity contribution in [1.29, 1.82) is 0 Å². The molecule has 0 radical (unpaired) electrons.